The fourth-order valence-corrected chi connectivity index (χ4v) is 5.00. The lowest BCUT2D eigenvalue weighted by Gasteiger charge is -2.31. The molecule has 11 heteroatoms. The molecule has 0 bridgehead atoms. The van der Waals surface area contributed by atoms with Gasteiger partial charge in [-0.2, -0.15) is 0 Å². The maximum Gasteiger partial charge on any atom is 0.306 e. The normalized spacial score (nSPS) is 18.4. The van der Waals surface area contributed by atoms with Gasteiger partial charge in [0.1, 0.15) is 11.4 Å². The van der Waals surface area contributed by atoms with E-state index in [0.29, 0.717) is 46.5 Å². The molecule has 0 unspecified atom stereocenters. The lowest BCUT2D eigenvalue weighted by Crippen LogP contribution is -2.49. The van der Waals surface area contributed by atoms with E-state index in [4.69, 9.17) is 47.5 Å². The van der Waals surface area contributed by atoms with Crippen LogP contribution in [0.2, 0.25) is 10.0 Å². The zero-order chi connectivity index (χ0) is 30.9. The fourth-order valence-electron chi connectivity index (χ4n) is 4.50. The summed E-state index contributed by atoms with van der Waals surface area (Å²) in [5.74, 6) is 0.0366. The molecule has 0 saturated heterocycles. The van der Waals surface area contributed by atoms with Gasteiger partial charge in [-0.15, -0.1) is 0 Å². The van der Waals surface area contributed by atoms with Crippen molar-refractivity contribution in [1.29, 1.82) is 0 Å². The molecule has 0 aromatic heterocycles. The van der Waals surface area contributed by atoms with Crippen LogP contribution in [0, 0.1) is 0 Å². The first kappa shape index (κ1) is 33.6. The molecule has 1 amide bonds. The Kier molecular flexibility index (Phi) is 12.1. The highest BCUT2D eigenvalue weighted by Crippen LogP contribution is 2.45. The third-order valence-electron chi connectivity index (χ3n) is 6.47. The predicted octanol–water partition coefficient (Wildman–Crippen LogP) is 5.20. The standard InChI is InChI=1S/C31H41Cl2N3O6/c1-30(2,3)42-26(38)14-15-31(29(39)34-16-6-17-36(4)5)27(24-13-10-22(32)20-25(24)33)41-28(35-31)21-8-11-23(12-9-21)40-19-7-18-37/h8-13,20,27,37H,6-7,14-19H2,1-5H3,(H,34,39)/t27-,31-/m1/s1. The number of aliphatic hydroxyl groups excluding tert-OH is 1. The van der Waals surface area contributed by atoms with Crippen molar-refractivity contribution >= 4 is 41.0 Å². The Balaban J connectivity index is 2.02. The highest BCUT2D eigenvalue weighted by Gasteiger charge is 2.53. The Morgan fingerprint density at radius 3 is 2.45 bits per heavy atom. The SMILES string of the molecule is CN(C)CCCNC(=O)[C@]1(CCC(=O)OC(C)(C)C)N=C(c2ccc(OCCCO)cc2)O[C@@H]1c1ccc(Cl)cc1Cl. The summed E-state index contributed by atoms with van der Waals surface area (Å²) in [5, 5.41) is 12.8. The van der Waals surface area contributed by atoms with Gasteiger partial charge in [0.25, 0.3) is 5.91 Å². The predicted molar refractivity (Wildman–Crippen MR) is 164 cm³/mol. The topological polar surface area (TPSA) is 110 Å². The Morgan fingerprint density at radius 2 is 1.83 bits per heavy atom. The molecule has 0 aliphatic carbocycles. The second kappa shape index (κ2) is 15.0. The summed E-state index contributed by atoms with van der Waals surface area (Å²) in [4.78, 5) is 33.9. The van der Waals surface area contributed by atoms with Gasteiger partial charge in [0.2, 0.25) is 5.90 Å². The van der Waals surface area contributed by atoms with Gasteiger partial charge in [-0.3, -0.25) is 9.59 Å². The van der Waals surface area contributed by atoms with E-state index < -0.39 is 23.2 Å². The molecule has 2 N–H and O–H groups in total. The summed E-state index contributed by atoms with van der Waals surface area (Å²) < 4.78 is 17.6. The van der Waals surface area contributed by atoms with E-state index in [9.17, 15) is 9.59 Å². The molecule has 1 heterocycles. The Labute approximate surface area is 258 Å². The number of aliphatic hydroxyl groups is 1. The number of halogens is 2. The van der Waals surface area contributed by atoms with Crippen molar-refractivity contribution in [2.75, 3.05) is 40.4 Å². The summed E-state index contributed by atoms with van der Waals surface area (Å²) in [6.45, 7) is 7.00. The van der Waals surface area contributed by atoms with E-state index in [0.717, 1.165) is 13.0 Å². The number of amides is 1. The van der Waals surface area contributed by atoms with Crippen LogP contribution in [0.3, 0.4) is 0 Å². The van der Waals surface area contributed by atoms with Gasteiger partial charge in [0.15, 0.2) is 11.6 Å². The van der Waals surface area contributed by atoms with Crippen LogP contribution >= 0.6 is 23.2 Å². The number of hydrogen-bond donors (Lipinski definition) is 2. The molecule has 0 fully saturated rings. The smallest absolute Gasteiger partial charge is 0.306 e. The highest BCUT2D eigenvalue weighted by atomic mass is 35.5. The third-order valence-corrected chi connectivity index (χ3v) is 7.04. The van der Waals surface area contributed by atoms with Crippen molar-refractivity contribution < 1.29 is 28.9 Å². The molecule has 1 aliphatic rings. The van der Waals surface area contributed by atoms with Crippen LogP contribution in [0.4, 0.5) is 0 Å². The molecule has 3 rings (SSSR count). The van der Waals surface area contributed by atoms with Crippen LogP contribution < -0.4 is 10.1 Å². The zero-order valence-electron chi connectivity index (χ0n) is 24.9. The molecule has 0 spiro atoms. The van der Waals surface area contributed by atoms with Gasteiger partial charge in [0, 0.05) is 47.2 Å². The number of ether oxygens (including phenoxy) is 3. The Bertz CT molecular complexity index is 1250. The lowest BCUT2D eigenvalue weighted by atomic mass is 9.83. The number of nitrogens with one attached hydrogen (secondary N) is 1. The number of hydrogen-bond acceptors (Lipinski definition) is 8. The maximum absolute atomic E-state index is 14.1. The molecule has 0 saturated carbocycles. The lowest BCUT2D eigenvalue weighted by molar-refractivity contribution is -0.155. The van der Waals surface area contributed by atoms with Crippen molar-refractivity contribution in [3.05, 3.63) is 63.6 Å². The van der Waals surface area contributed by atoms with Crippen LogP contribution in [0.15, 0.2) is 47.5 Å². The van der Waals surface area contributed by atoms with Gasteiger partial charge in [-0.1, -0.05) is 29.3 Å². The number of esters is 1. The molecule has 2 aromatic rings. The summed E-state index contributed by atoms with van der Waals surface area (Å²) in [5.41, 5.74) is -1.05. The Morgan fingerprint density at radius 1 is 1.12 bits per heavy atom. The first-order chi connectivity index (χ1) is 19.8. The third kappa shape index (κ3) is 9.33. The van der Waals surface area contributed by atoms with Crippen molar-refractivity contribution in [3.8, 4) is 5.75 Å². The maximum atomic E-state index is 14.1. The summed E-state index contributed by atoms with van der Waals surface area (Å²) in [6.07, 6.45) is 0.264. The van der Waals surface area contributed by atoms with Crippen LogP contribution in [-0.2, 0) is 19.1 Å². The second-order valence-corrected chi connectivity index (χ2v) is 12.3. The zero-order valence-corrected chi connectivity index (χ0v) is 26.4. The second-order valence-electron chi connectivity index (χ2n) is 11.5. The summed E-state index contributed by atoms with van der Waals surface area (Å²) >= 11 is 12.8. The van der Waals surface area contributed by atoms with Crippen molar-refractivity contribution in [2.24, 2.45) is 4.99 Å². The molecular formula is C31H41Cl2N3O6. The van der Waals surface area contributed by atoms with Gasteiger partial charge >= 0.3 is 5.97 Å². The number of carbonyl (C=O) groups excluding carboxylic acids is 2. The van der Waals surface area contributed by atoms with E-state index in [1.165, 1.54) is 0 Å². The minimum atomic E-state index is -1.52. The van der Waals surface area contributed by atoms with Crippen molar-refractivity contribution in [3.63, 3.8) is 0 Å². The molecule has 1 aliphatic heterocycles. The van der Waals surface area contributed by atoms with Gasteiger partial charge in [0.05, 0.1) is 6.61 Å². The van der Waals surface area contributed by atoms with Crippen LogP contribution in [0.5, 0.6) is 5.75 Å². The quantitative estimate of drug-likeness (QED) is 0.220. The van der Waals surface area contributed by atoms with E-state index in [-0.39, 0.29) is 31.3 Å². The van der Waals surface area contributed by atoms with Crippen molar-refractivity contribution in [2.45, 2.75) is 63.7 Å². The van der Waals surface area contributed by atoms with Crippen molar-refractivity contribution in [1.82, 2.24) is 10.2 Å². The molecule has 0 radical (unpaired) electrons. The molecule has 2 atom stereocenters. The first-order valence-electron chi connectivity index (χ1n) is 14.0. The van der Waals surface area contributed by atoms with Gasteiger partial charge in [-0.05, 0) is 90.7 Å². The van der Waals surface area contributed by atoms with Crippen LogP contribution in [0.25, 0.3) is 0 Å². The molecule has 2 aromatic carbocycles. The monoisotopic (exact) mass is 621 g/mol. The van der Waals surface area contributed by atoms with E-state index >= 15 is 0 Å². The molecule has 42 heavy (non-hydrogen) atoms. The van der Waals surface area contributed by atoms with Crippen LogP contribution in [0.1, 0.15) is 63.7 Å². The number of rotatable bonds is 14. The average molecular weight is 623 g/mol. The number of benzene rings is 2. The van der Waals surface area contributed by atoms with Gasteiger partial charge in [-0.25, -0.2) is 4.99 Å². The molecular weight excluding hydrogens is 581 g/mol. The number of carbonyl (C=O) groups is 2. The summed E-state index contributed by atoms with van der Waals surface area (Å²) in [6, 6.07) is 12.1. The minimum Gasteiger partial charge on any atom is -0.494 e. The minimum absolute atomic E-state index is 0.0247. The molecule has 230 valence electrons. The number of nitrogens with zero attached hydrogens (tertiary/aromatic N) is 2. The number of aliphatic imine (C=N–C) groups is 1. The molecule has 9 nitrogen and oxygen atoms in total. The highest BCUT2D eigenvalue weighted by molar-refractivity contribution is 6.35. The average Bonchev–Trinajstić information content (AvgIpc) is 3.30. The largest absolute Gasteiger partial charge is 0.494 e. The van der Waals surface area contributed by atoms with E-state index in [2.05, 4.69) is 5.32 Å². The summed E-state index contributed by atoms with van der Waals surface area (Å²) in [7, 11) is 3.93. The Hall–Kier alpha value is -2.85. The van der Waals surface area contributed by atoms with Crippen LogP contribution in [-0.4, -0.2) is 79.3 Å². The fraction of sp³-hybridized carbons (Fsp3) is 0.516. The first-order valence-corrected chi connectivity index (χ1v) is 14.8. The van der Waals surface area contributed by atoms with Gasteiger partial charge < -0.3 is 29.5 Å². The van der Waals surface area contributed by atoms with E-state index in [1.807, 2.05) is 19.0 Å². The van der Waals surface area contributed by atoms with E-state index in [1.54, 1.807) is 63.2 Å².